The van der Waals surface area contributed by atoms with Gasteiger partial charge in [-0.25, -0.2) is 0 Å². The Hall–Kier alpha value is -0.530. The minimum absolute atomic E-state index is 0.246. The highest BCUT2D eigenvalue weighted by atomic mass is 16.2. The van der Waals surface area contributed by atoms with E-state index in [4.69, 9.17) is 0 Å². The maximum atomic E-state index is 11.1. The normalized spacial score (nSPS) is 24.2. The lowest BCUT2D eigenvalue weighted by Gasteiger charge is -2.31. The maximum Gasteiger partial charge on any atom is 0.219 e. The van der Waals surface area contributed by atoms with E-state index in [1.54, 1.807) is 6.92 Å². The van der Waals surface area contributed by atoms with Crippen molar-refractivity contribution in [1.82, 2.24) is 4.90 Å². The van der Waals surface area contributed by atoms with Gasteiger partial charge in [-0.3, -0.25) is 4.79 Å². The molecule has 1 fully saturated rings. The third-order valence-electron chi connectivity index (χ3n) is 2.66. The number of nitrogens with zero attached hydrogens (tertiary/aromatic N) is 1. The summed E-state index contributed by atoms with van der Waals surface area (Å²) < 4.78 is 0. The van der Waals surface area contributed by atoms with Crippen LogP contribution in [0, 0.1) is 5.92 Å². The Morgan fingerprint density at radius 1 is 1.58 bits per heavy atom. The van der Waals surface area contributed by atoms with Gasteiger partial charge < -0.3 is 4.90 Å². The fraction of sp³-hybridized carbons (Fsp3) is 0.900. The Kier molecular flexibility index (Phi) is 3.57. The number of rotatable bonds is 2. The molecule has 1 rings (SSSR count). The first-order valence-corrected chi connectivity index (χ1v) is 4.99. The van der Waals surface area contributed by atoms with Gasteiger partial charge in [-0.15, -0.1) is 0 Å². The van der Waals surface area contributed by atoms with E-state index in [0.717, 1.165) is 19.0 Å². The number of carbonyl (C=O) groups excluding carboxylic acids is 1. The van der Waals surface area contributed by atoms with Gasteiger partial charge in [-0.05, 0) is 25.2 Å². The van der Waals surface area contributed by atoms with Crippen molar-refractivity contribution in [1.29, 1.82) is 0 Å². The molecule has 0 radical (unpaired) electrons. The summed E-state index contributed by atoms with van der Waals surface area (Å²) >= 11 is 0. The van der Waals surface area contributed by atoms with Crippen molar-refractivity contribution in [3.63, 3.8) is 0 Å². The first-order valence-electron chi connectivity index (χ1n) is 4.99. The maximum absolute atomic E-state index is 11.1. The highest BCUT2D eigenvalue weighted by Gasteiger charge is 2.20. The predicted octanol–water partition coefficient (Wildman–Crippen LogP) is 2.04. The molecule has 1 unspecified atom stereocenters. The molecule has 1 saturated heterocycles. The standard InChI is InChI=1S/C10H19NO/c1-3-5-10-6-4-7-11(8-10)9(2)12/h10H,3-8H2,1-2H3. The molecule has 1 heterocycles. The number of hydrogen-bond donors (Lipinski definition) is 0. The molecule has 1 aliphatic rings. The fourth-order valence-corrected chi connectivity index (χ4v) is 1.99. The van der Waals surface area contributed by atoms with E-state index in [-0.39, 0.29) is 5.91 Å². The summed E-state index contributed by atoms with van der Waals surface area (Å²) in [6, 6.07) is 0. The molecule has 0 bridgehead atoms. The molecule has 1 amide bonds. The zero-order chi connectivity index (χ0) is 8.97. The quantitative estimate of drug-likeness (QED) is 0.619. The van der Waals surface area contributed by atoms with E-state index < -0.39 is 0 Å². The van der Waals surface area contributed by atoms with Gasteiger partial charge in [-0.2, -0.15) is 0 Å². The molecule has 0 aromatic carbocycles. The van der Waals surface area contributed by atoms with Crippen LogP contribution in [0.15, 0.2) is 0 Å². The largest absolute Gasteiger partial charge is 0.343 e. The van der Waals surface area contributed by atoms with E-state index in [9.17, 15) is 4.79 Å². The molecule has 0 saturated carbocycles. The number of likely N-dealkylation sites (tertiary alicyclic amines) is 1. The van der Waals surface area contributed by atoms with Crippen LogP contribution in [0.2, 0.25) is 0 Å². The summed E-state index contributed by atoms with van der Waals surface area (Å²) in [7, 11) is 0. The molecule has 0 N–H and O–H groups in total. The van der Waals surface area contributed by atoms with Gasteiger partial charge in [0.05, 0.1) is 0 Å². The summed E-state index contributed by atoms with van der Waals surface area (Å²) in [5.41, 5.74) is 0. The van der Waals surface area contributed by atoms with Crippen LogP contribution < -0.4 is 0 Å². The second-order valence-corrected chi connectivity index (χ2v) is 3.76. The zero-order valence-electron chi connectivity index (χ0n) is 8.18. The Bertz CT molecular complexity index is 154. The third-order valence-corrected chi connectivity index (χ3v) is 2.66. The Morgan fingerprint density at radius 3 is 2.92 bits per heavy atom. The number of amides is 1. The van der Waals surface area contributed by atoms with Crippen LogP contribution in [0.3, 0.4) is 0 Å². The van der Waals surface area contributed by atoms with Crippen LogP contribution in [-0.2, 0) is 4.79 Å². The molecule has 0 aliphatic carbocycles. The van der Waals surface area contributed by atoms with Crippen molar-refractivity contribution in [3.8, 4) is 0 Å². The lowest BCUT2D eigenvalue weighted by molar-refractivity contribution is -0.130. The van der Waals surface area contributed by atoms with Crippen molar-refractivity contribution < 1.29 is 4.79 Å². The van der Waals surface area contributed by atoms with Gasteiger partial charge in [0.25, 0.3) is 0 Å². The smallest absolute Gasteiger partial charge is 0.219 e. The minimum atomic E-state index is 0.246. The zero-order valence-corrected chi connectivity index (χ0v) is 8.18. The minimum Gasteiger partial charge on any atom is -0.343 e. The first-order chi connectivity index (χ1) is 5.74. The van der Waals surface area contributed by atoms with Crippen LogP contribution in [0.4, 0.5) is 0 Å². The van der Waals surface area contributed by atoms with Crippen molar-refractivity contribution in [2.45, 2.75) is 39.5 Å². The van der Waals surface area contributed by atoms with Crippen molar-refractivity contribution >= 4 is 5.91 Å². The van der Waals surface area contributed by atoms with Gasteiger partial charge in [0.15, 0.2) is 0 Å². The first kappa shape index (κ1) is 9.56. The van der Waals surface area contributed by atoms with Crippen LogP contribution in [0.5, 0.6) is 0 Å². The molecule has 1 aliphatic heterocycles. The number of carbonyl (C=O) groups is 1. The van der Waals surface area contributed by atoms with Gasteiger partial charge in [0.2, 0.25) is 5.91 Å². The predicted molar refractivity (Wildman–Crippen MR) is 49.9 cm³/mol. The fourth-order valence-electron chi connectivity index (χ4n) is 1.99. The van der Waals surface area contributed by atoms with Crippen LogP contribution in [0.1, 0.15) is 39.5 Å². The number of piperidine rings is 1. The Morgan fingerprint density at radius 2 is 2.33 bits per heavy atom. The van der Waals surface area contributed by atoms with E-state index in [1.807, 2.05) is 4.90 Å². The highest BCUT2D eigenvalue weighted by molar-refractivity contribution is 5.73. The summed E-state index contributed by atoms with van der Waals surface area (Å²) in [5, 5.41) is 0. The summed E-state index contributed by atoms with van der Waals surface area (Å²) in [4.78, 5) is 13.1. The van der Waals surface area contributed by atoms with Crippen LogP contribution >= 0.6 is 0 Å². The monoisotopic (exact) mass is 169 g/mol. The van der Waals surface area contributed by atoms with E-state index >= 15 is 0 Å². The average molecular weight is 169 g/mol. The van der Waals surface area contributed by atoms with Crippen LogP contribution in [0.25, 0.3) is 0 Å². The molecule has 0 aromatic rings. The topological polar surface area (TPSA) is 20.3 Å². The third kappa shape index (κ3) is 2.50. The van der Waals surface area contributed by atoms with Gasteiger partial charge in [0, 0.05) is 20.0 Å². The summed E-state index contributed by atoms with van der Waals surface area (Å²) in [6.07, 6.45) is 5.04. The molecule has 70 valence electrons. The van der Waals surface area contributed by atoms with Gasteiger partial charge >= 0.3 is 0 Å². The molecule has 2 nitrogen and oxygen atoms in total. The molecule has 1 atom stereocenters. The molecule has 2 heteroatoms. The molecule has 0 spiro atoms. The number of hydrogen-bond acceptors (Lipinski definition) is 1. The summed E-state index contributed by atoms with van der Waals surface area (Å²) in [5.74, 6) is 1.02. The van der Waals surface area contributed by atoms with E-state index in [1.165, 1.54) is 25.7 Å². The van der Waals surface area contributed by atoms with Crippen LogP contribution in [-0.4, -0.2) is 23.9 Å². The molecule has 0 aromatic heterocycles. The SMILES string of the molecule is CCCC1CCCN(C(C)=O)C1. The second kappa shape index (κ2) is 4.48. The van der Waals surface area contributed by atoms with E-state index in [0.29, 0.717) is 0 Å². The molecular weight excluding hydrogens is 150 g/mol. The van der Waals surface area contributed by atoms with E-state index in [2.05, 4.69) is 6.92 Å². The molecular formula is C10H19NO. The molecule has 12 heavy (non-hydrogen) atoms. The van der Waals surface area contributed by atoms with Crippen molar-refractivity contribution in [2.75, 3.05) is 13.1 Å². The average Bonchev–Trinajstić information content (AvgIpc) is 2.05. The summed E-state index contributed by atoms with van der Waals surface area (Å²) in [6.45, 7) is 5.87. The highest BCUT2D eigenvalue weighted by Crippen LogP contribution is 2.20. The lowest BCUT2D eigenvalue weighted by atomic mass is 9.94. The van der Waals surface area contributed by atoms with Crippen molar-refractivity contribution in [3.05, 3.63) is 0 Å². The lowest BCUT2D eigenvalue weighted by Crippen LogP contribution is -2.38. The Labute approximate surface area is 74.9 Å². The van der Waals surface area contributed by atoms with Gasteiger partial charge in [-0.1, -0.05) is 13.3 Å². The Balaban J connectivity index is 2.35. The van der Waals surface area contributed by atoms with Gasteiger partial charge in [0.1, 0.15) is 0 Å². The second-order valence-electron chi connectivity index (χ2n) is 3.76. The van der Waals surface area contributed by atoms with Crippen molar-refractivity contribution in [2.24, 2.45) is 5.92 Å².